The predicted molar refractivity (Wildman–Crippen MR) is 113 cm³/mol. The fourth-order valence-corrected chi connectivity index (χ4v) is 4.45. The first-order valence-corrected chi connectivity index (χ1v) is 11.2. The van der Waals surface area contributed by atoms with Crippen molar-refractivity contribution in [2.45, 2.75) is 38.2 Å². The smallest absolute Gasteiger partial charge is 0.248 e. The van der Waals surface area contributed by atoms with E-state index in [1.165, 1.54) is 19.4 Å². The Morgan fingerprint density at radius 3 is 2.63 bits per heavy atom. The second-order valence-electron chi connectivity index (χ2n) is 9.07. The standard InChI is InChI=1S/C23H33N3O4/c27-20-3-1-2-19(10-20)11-22(28)24-12-21-15-26(23(29)16-30-21)14-18-6-8-25(9-7-18)13-17-4-5-17/h1-3,10,17-18,21,27H,4-9,11-16H2,(H,24,28). The van der Waals surface area contributed by atoms with Crippen LogP contribution >= 0.6 is 0 Å². The van der Waals surface area contributed by atoms with Crippen molar-refractivity contribution in [1.29, 1.82) is 0 Å². The van der Waals surface area contributed by atoms with Gasteiger partial charge in [0.1, 0.15) is 12.4 Å². The molecule has 1 aliphatic carbocycles. The number of hydrogen-bond donors (Lipinski definition) is 2. The quantitative estimate of drug-likeness (QED) is 0.671. The first kappa shape index (κ1) is 21.1. The number of aromatic hydroxyl groups is 1. The van der Waals surface area contributed by atoms with Crippen LogP contribution in [0.1, 0.15) is 31.2 Å². The van der Waals surface area contributed by atoms with E-state index in [-0.39, 0.29) is 36.7 Å². The maximum Gasteiger partial charge on any atom is 0.248 e. The molecule has 2 N–H and O–H groups in total. The number of amides is 2. The van der Waals surface area contributed by atoms with Gasteiger partial charge in [-0.3, -0.25) is 9.59 Å². The molecule has 0 bridgehead atoms. The number of nitrogens with one attached hydrogen (secondary N) is 1. The number of phenolic OH excluding ortho intramolecular Hbond substituents is 1. The zero-order chi connectivity index (χ0) is 20.9. The molecule has 7 heteroatoms. The third kappa shape index (κ3) is 6.19. The molecule has 2 heterocycles. The van der Waals surface area contributed by atoms with Crippen molar-refractivity contribution in [2.24, 2.45) is 11.8 Å². The van der Waals surface area contributed by atoms with Gasteiger partial charge in [-0.1, -0.05) is 12.1 Å². The number of benzene rings is 1. The van der Waals surface area contributed by atoms with Crippen LogP contribution in [0.5, 0.6) is 5.75 Å². The number of nitrogens with zero attached hydrogens (tertiary/aromatic N) is 2. The summed E-state index contributed by atoms with van der Waals surface area (Å²) in [6, 6.07) is 6.71. The lowest BCUT2D eigenvalue weighted by Crippen LogP contribution is -2.52. The Morgan fingerprint density at radius 2 is 1.90 bits per heavy atom. The molecule has 4 rings (SSSR count). The van der Waals surface area contributed by atoms with Crippen molar-refractivity contribution < 1.29 is 19.4 Å². The van der Waals surface area contributed by atoms with Crippen molar-refractivity contribution in [3.05, 3.63) is 29.8 Å². The lowest BCUT2D eigenvalue weighted by atomic mass is 9.95. The van der Waals surface area contributed by atoms with E-state index in [1.54, 1.807) is 18.2 Å². The molecular formula is C23H33N3O4. The highest BCUT2D eigenvalue weighted by atomic mass is 16.5. The first-order chi connectivity index (χ1) is 14.5. The van der Waals surface area contributed by atoms with Crippen molar-refractivity contribution in [3.63, 3.8) is 0 Å². The average Bonchev–Trinajstić information content (AvgIpc) is 3.54. The zero-order valence-corrected chi connectivity index (χ0v) is 17.6. The van der Waals surface area contributed by atoms with Gasteiger partial charge in [-0.05, 0) is 68.3 Å². The molecule has 0 aromatic heterocycles. The van der Waals surface area contributed by atoms with Gasteiger partial charge >= 0.3 is 0 Å². The van der Waals surface area contributed by atoms with E-state index >= 15 is 0 Å². The van der Waals surface area contributed by atoms with Crippen LogP contribution in [0, 0.1) is 11.8 Å². The Hall–Kier alpha value is -2.12. The number of carbonyl (C=O) groups is 2. The summed E-state index contributed by atoms with van der Waals surface area (Å²) >= 11 is 0. The molecule has 1 aromatic carbocycles. The van der Waals surface area contributed by atoms with Crippen LogP contribution in [0.2, 0.25) is 0 Å². The highest BCUT2D eigenvalue weighted by molar-refractivity contribution is 5.79. The Morgan fingerprint density at radius 1 is 1.13 bits per heavy atom. The maximum atomic E-state index is 12.3. The Balaban J connectivity index is 1.18. The van der Waals surface area contributed by atoms with E-state index in [0.717, 1.165) is 44.0 Å². The van der Waals surface area contributed by atoms with Crippen LogP contribution in [0.3, 0.4) is 0 Å². The van der Waals surface area contributed by atoms with Crippen LogP contribution < -0.4 is 5.32 Å². The maximum absolute atomic E-state index is 12.3. The van der Waals surface area contributed by atoms with Crippen molar-refractivity contribution in [3.8, 4) is 5.75 Å². The summed E-state index contributed by atoms with van der Waals surface area (Å²) in [5.41, 5.74) is 0.766. The number of piperidine rings is 1. The fraction of sp³-hybridized carbons (Fsp3) is 0.652. The van der Waals surface area contributed by atoms with Crippen LogP contribution in [-0.2, 0) is 20.7 Å². The van der Waals surface area contributed by atoms with E-state index in [0.29, 0.717) is 19.0 Å². The van der Waals surface area contributed by atoms with Gasteiger partial charge in [-0.2, -0.15) is 0 Å². The average molecular weight is 416 g/mol. The molecule has 0 radical (unpaired) electrons. The van der Waals surface area contributed by atoms with Crippen LogP contribution in [0.15, 0.2) is 24.3 Å². The molecule has 164 valence electrons. The van der Waals surface area contributed by atoms with E-state index in [1.807, 2.05) is 11.0 Å². The summed E-state index contributed by atoms with van der Waals surface area (Å²) in [7, 11) is 0. The van der Waals surface area contributed by atoms with Gasteiger partial charge in [0.05, 0.1) is 12.5 Å². The van der Waals surface area contributed by atoms with Gasteiger partial charge in [-0.25, -0.2) is 0 Å². The Kier molecular flexibility index (Phi) is 6.89. The van der Waals surface area contributed by atoms with Gasteiger partial charge in [-0.15, -0.1) is 0 Å². The second kappa shape index (κ2) is 9.79. The highest BCUT2D eigenvalue weighted by Crippen LogP contribution is 2.31. The Bertz CT molecular complexity index is 744. The van der Waals surface area contributed by atoms with E-state index < -0.39 is 0 Å². The molecule has 1 atom stereocenters. The zero-order valence-electron chi connectivity index (χ0n) is 17.6. The van der Waals surface area contributed by atoms with E-state index in [9.17, 15) is 14.7 Å². The minimum Gasteiger partial charge on any atom is -0.508 e. The molecule has 2 aliphatic heterocycles. The minimum atomic E-state index is -0.175. The van der Waals surface area contributed by atoms with Crippen molar-refractivity contribution in [2.75, 3.05) is 45.9 Å². The topological polar surface area (TPSA) is 82.1 Å². The Labute approximate surface area is 178 Å². The molecular weight excluding hydrogens is 382 g/mol. The summed E-state index contributed by atoms with van der Waals surface area (Å²) in [6.07, 6.45) is 5.14. The van der Waals surface area contributed by atoms with Crippen LogP contribution in [0.4, 0.5) is 0 Å². The number of carbonyl (C=O) groups excluding carboxylic acids is 2. The molecule has 30 heavy (non-hydrogen) atoms. The largest absolute Gasteiger partial charge is 0.508 e. The van der Waals surface area contributed by atoms with Crippen molar-refractivity contribution in [1.82, 2.24) is 15.1 Å². The number of ether oxygens (including phenoxy) is 1. The van der Waals surface area contributed by atoms with Crippen LogP contribution in [0.25, 0.3) is 0 Å². The second-order valence-corrected chi connectivity index (χ2v) is 9.07. The number of hydrogen-bond acceptors (Lipinski definition) is 5. The molecule has 2 amide bonds. The fourth-order valence-electron chi connectivity index (χ4n) is 4.45. The summed E-state index contributed by atoms with van der Waals surface area (Å²) in [5.74, 6) is 1.59. The highest BCUT2D eigenvalue weighted by Gasteiger charge is 2.31. The molecule has 0 spiro atoms. The lowest BCUT2D eigenvalue weighted by Gasteiger charge is -2.38. The van der Waals surface area contributed by atoms with E-state index in [2.05, 4.69) is 10.2 Å². The third-order valence-electron chi connectivity index (χ3n) is 6.42. The number of rotatable bonds is 8. The molecule has 2 saturated heterocycles. The van der Waals surface area contributed by atoms with Crippen molar-refractivity contribution >= 4 is 11.8 Å². The van der Waals surface area contributed by atoms with Gasteiger partial charge in [0, 0.05) is 26.2 Å². The van der Waals surface area contributed by atoms with Gasteiger partial charge in [0.15, 0.2) is 0 Å². The molecule has 1 unspecified atom stereocenters. The molecule has 7 nitrogen and oxygen atoms in total. The van der Waals surface area contributed by atoms with Gasteiger partial charge < -0.3 is 25.0 Å². The predicted octanol–water partition coefficient (Wildman–Crippen LogP) is 1.40. The number of morpholine rings is 1. The molecule has 1 aromatic rings. The summed E-state index contributed by atoms with van der Waals surface area (Å²) in [5, 5.41) is 12.4. The SMILES string of the molecule is O=C(Cc1cccc(O)c1)NCC1CN(CC2CCN(CC3CC3)CC2)C(=O)CO1. The van der Waals surface area contributed by atoms with Gasteiger partial charge in [0.25, 0.3) is 0 Å². The molecule has 3 aliphatic rings. The first-order valence-electron chi connectivity index (χ1n) is 11.2. The normalized spacial score (nSPS) is 23.5. The monoisotopic (exact) mass is 415 g/mol. The molecule has 1 saturated carbocycles. The number of likely N-dealkylation sites (tertiary alicyclic amines) is 1. The summed E-state index contributed by atoms with van der Waals surface area (Å²) in [4.78, 5) is 29.0. The number of phenols is 1. The summed E-state index contributed by atoms with van der Waals surface area (Å²) < 4.78 is 5.64. The summed E-state index contributed by atoms with van der Waals surface area (Å²) in [6.45, 7) is 5.37. The van der Waals surface area contributed by atoms with E-state index in [4.69, 9.17) is 4.74 Å². The third-order valence-corrected chi connectivity index (χ3v) is 6.42. The minimum absolute atomic E-state index is 0.0535. The molecule has 3 fully saturated rings. The lowest BCUT2D eigenvalue weighted by molar-refractivity contribution is -0.150. The van der Waals surface area contributed by atoms with Crippen LogP contribution in [-0.4, -0.2) is 78.7 Å². The van der Waals surface area contributed by atoms with Gasteiger partial charge in [0.2, 0.25) is 11.8 Å².